The van der Waals surface area contributed by atoms with E-state index in [1.165, 1.54) is 41.8 Å². The number of phenols is 1. The molecule has 0 aliphatic rings. The number of methoxy groups -OCH3 is 1. The zero-order chi connectivity index (χ0) is 20.8. The van der Waals surface area contributed by atoms with Gasteiger partial charge in [0.05, 0.1) is 16.9 Å². The number of esters is 1. The van der Waals surface area contributed by atoms with Gasteiger partial charge in [-0.3, -0.25) is 4.79 Å². The third-order valence-electron chi connectivity index (χ3n) is 4.44. The predicted octanol–water partition coefficient (Wildman–Crippen LogP) is 6.42. The number of ether oxygens (including phenoxy) is 1. The van der Waals surface area contributed by atoms with E-state index >= 15 is 0 Å². The minimum atomic E-state index is -0.237. The molecule has 3 aromatic carbocycles. The Morgan fingerprint density at radius 1 is 0.862 bits per heavy atom. The van der Waals surface area contributed by atoms with Gasteiger partial charge in [-0.25, -0.2) is 0 Å². The number of carbonyl (C=O) groups excluding carboxylic acids is 1. The van der Waals surface area contributed by atoms with Gasteiger partial charge in [-0.15, -0.1) is 0 Å². The summed E-state index contributed by atoms with van der Waals surface area (Å²) in [5, 5.41) is 10.9. The Hall–Kier alpha value is -2.37. The summed E-state index contributed by atoms with van der Waals surface area (Å²) in [7, 11) is 1.40. The summed E-state index contributed by atoms with van der Waals surface area (Å²) in [6.45, 7) is 4.10. The van der Waals surface area contributed by atoms with Gasteiger partial charge in [-0.1, -0.05) is 58.9 Å². The first-order chi connectivity index (χ1) is 13.9. The predicted molar refractivity (Wildman–Crippen MR) is 119 cm³/mol. The molecular formula is C24H24O3S2. The van der Waals surface area contributed by atoms with Crippen molar-refractivity contribution in [1.29, 1.82) is 0 Å². The average molecular weight is 425 g/mol. The molecular weight excluding hydrogens is 400 g/mol. The number of aryl methyl sites for hydroxylation is 3. The van der Waals surface area contributed by atoms with Crippen LogP contribution in [0.2, 0.25) is 0 Å². The summed E-state index contributed by atoms with van der Waals surface area (Å²) in [6, 6.07) is 20.3. The van der Waals surface area contributed by atoms with Gasteiger partial charge >= 0.3 is 5.97 Å². The minimum absolute atomic E-state index is 0.237. The van der Waals surface area contributed by atoms with E-state index in [0.29, 0.717) is 12.8 Å². The quantitative estimate of drug-likeness (QED) is 0.444. The molecule has 0 aromatic heterocycles. The SMILES string of the molecule is COC(=O)CCc1cc(Sc2ccc(C)cc2)c(O)c(Sc2ccc(C)cc2)c1. The van der Waals surface area contributed by atoms with Crippen LogP contribution in [0.25, 0.3) is 0 Å². The van der Waals surface area contributed by atoms with E-state index in [-0.39, 0.29) is 11.7 Å². The molecule has 3 nitrogen and oxygen atoms in total. The van der Waals surface area contributed by atoms with Gasteiger partial charge in [0.2, 0.25) is 0 Å². The van der Waals surface area contributed by atoms with Crippen LogP contribution in [0.5, 0.6) is 5.75 Å². The number of benzene rings is 3. The molecule has 0 atom stereocenters. The Morgan fingerprint density at radius 2 is 1.31 bits per heavy atom. The molecule has 0 fully saturated rings. The van der Waals surface area contributed by atoms with E-state index in [0.717, 1.165) is 25.1 Å². The van der Waals surface area contributed by atoms with Crippen LogP contribution in [0.3, 0.4) is 0 Å². The van der Waals surface area contributed by atoms with Crippen LogP contribution in [0, 0.1) is 13.8 Å². The first kappa shape index (κ1) is 21.3. The highest BCUT2D eigenvalue weighted by molar-refractivity contribution is 8.00. The Bertz CT molecular complexity index is 912. The van der Waals surface area contributed by atoms with Crippen LogP contribution in [0.15, 0.2) is 80.2 Å². The van der Waals surface area contributed by atoms with Crippen molar-refractivity contribution in [3.05, 3.63) is 77.4 Å². The number of phenolic OH excluding ortho intramolecular Hbond substituents is 1. The molecule has 0 unspecified atom stereocenters. The van der Waals surface area contributed by atoms with Crippen molar-refractivity contribution in [2.45, 2.75) is 46.3 Å². The molecule has 0 aliphatic heterocycles. The molecule has 0 saturated heterocycles. The van der Waals surface area contributed by atoms with E-state index in [2.05, 4.69) is 38.1 Å². The largest absolute Gasteiger partial charge is 0.506 e. The van der Waals surface area contributed by atoms with Crippen LogP contribution >= 0.6 is 23.5 Å². The third kappa shape index (κ3) is 6.05. The van der Waals surface area contributed by atoms with Crippen LogP contribution < -0.4 is 0 Å². The van der Waals surface area contributed by atoms with Gasteiger partial charge in [0.1, 0.15) is 5.75 Å². The molecule has 3 aromatic rings. The van der Waals surface area contributed by atoms with E-state index in [1.54, 1.807) is 0 Å². The Balaban J connectivity index is 1.92. The smallest absolute Gasteiger partial charge is 0.305 e. The van der Waals surface area contributed by atoms with E-state index < -0.39 is 0 Å². The van der Waals surface area contributed by atoms with Crippen molar-refractivity contribution in [3.63, 3.8) is 0 Å². The van der Waals surface area contributed by atoms with Crippen molar-refractivity contribution in [2.75, 3.05) is 7.11 Å². The maximum absolute atomic E-state index is 11.6. The summed E-state index contributed by atoms with van der Waals surface area (Å²) in [6.07, 6.45) is 0.875. The Kier molecular flexibility index (Phi) is 7.29. The molecule has 3 rings (SSSR count). The standard InChI is InChI=1S/C24H24O3S2/c1-16-4-9-19(10-5-16)28-21-14-18(8-13-23(25)27-3)15-22(24(21)26)29-20-11-6-17(2)7-12-20/h4-7,9-12,14-15,26H,8,13H2,1-3H3. The fourth-order valence-electron chi connectivity index (χ4n) is 2.75. The number of rotatable bonds is 7. The zero-order valence-electron chi connectivity index (χ0n) is 16.8. The summed E-state index contributed by atoms with van der Waals surface area (Å²) in [4.78, 5) is 15.3. The molecule has 1 N–H and O–H groups in total. The number of hydrogen-bond donors (Lipinski definition) is 1. The van der Waals surface area contributed by atoms with Crippen LogP contribution in [0.1, 0.15) is 23.1 Å². The highest BCUT2D eigenvalue weighted by Crippen LogP contribution is 2.43. The second kappa shape index (κ2) is 9.90. The molecule has 0 spiro atoms. The molecule has 29 heavy (non-hydrogen) atoms. The molecule has 0 radical (unpaired) electrons. The second-order valence-electron chi connectivity index (χ2n) is 6.85. The highest BCUT2D eigenvalue weighted by atomic mass is 32.2. The number of carbonyl (C=O) groups is 1. The number of hydrogen-bond acceptors (Lipinski definition) is 5. The van der Waals surface area contributed by atoms with E-state index in [1.807, 2.05) is 36.4 Å². The number of aromatic hydroxyl groups is 1. The van der Waals surface area contributed by atoms with Crippen molar-refractivity contribution >= 4 is 29.5 Å². The van der Waals surface area contributed by atoms with E-state index in [9.17, 15) is 9.90 Å². The summed E-state index contributed by atoms with van der Waals surface area (Å²) in [5.41, 5.74) is 3.39. The summed E-state index contributed by atoms with van der Waals surface area (Å²) < 4.78 is 4.77. The van der Waals surface area contributed by atoms with Gasteiger partial charge in [0, 0.05) is 16.2 Å². The second-order valence-corrected chi connectivity index (χ2v) is 9.08. The fraction of sp³-hybridized carbons (Fsp3) is 0.208. The monoisotopic (exact) mass is 424 g/mol. The molecule has 5 heteroatoms. The minimum Gasteiger partial charge on any atom is -0.506 e. The van der Waals surface area contributed by atoms with Gasteiger partial charge in [0.15, 0.2) is 0 Å². The first-order valence-corrected chi connectivity index (χ1v) is 11.0. The van der Waals surface area contributed by atoms with Crippen LogP contribution in [0.4, 0.5) is 0 Å². The molecule has 0 amide bonds. The molecule has 150 valence electrons. The summed E-state index contributed by atoms with van der Waals surface area (Å²) in [5.74, 6) is 0.0292. The zero-order valence-corrected chi connectivity index (χ0v) is 18.4. The fourth-order valence-corrected chi connectivity index (χ4v) is 4.70. The maximum atomic E-state index is 11.6. The van der Waals surface area contributed by atoms with Gasteiger partial charge in [0.25, 0.3) is 0 Å². The maximum Gasteiger partial charge on any atom is 0.305 e. The lowest BCUT2D eigenvalue weighted by Gasteiger charge is -2.13. The Labute approximate surface area is 180 Å². The van der Waals surface area contributed by atoms with Crippen molar-refractivity contribution < 1.29 is 14.6 Å². The third-order valence-corrected chi connectivity index (χ3v) is 6.52. The lowest BCUT2D eigenvalue weighted by molar-refractivity contribution is -0.140. The topological polar surface area (TPSA) is 46.5 Å². The van der Waals surface area contributed by atoms with Crippen molar-refractivity contribution in [3.8, 4) is 5.75 Å². The molecule has 0 bridgehead atoms. The summed E-state index contributed by atoms with van der Waals surface area (Å²) >= 11 is 3.05. The van der Waals surface area contributed by atoms with Gasteiger partial charge in [-0.2, -0.15) is 0 Å². The van der Waals surface area contributed by atoms with E-state index in [4.69, 9.17) is 4.74 Å². The lowest BCUT2D eigenvalue weighted by Crippen LogP contribution is -2.02. The van der Waals surface area contributed by atoms with Crippen molar-refractivity contribution in [1.82, 2.24) is 0 Å². The van der Waals surface area contributed by atoms with Gasteiger partial charge < -0.3 is 9.84 Å². The Morgan fingerprint density at radius 3 is 1.72 bits per heavy atom. The molecule has 0 saturated carbocycles. The van der Waals surface area contributed by atoms with Crippen LogP contribution in [-0.4, -0.2) is 18.2 Å². The van der Waals surface area contributed by atoms with Crippen LogP contribution in [-0.2, 0) is 16.0 Å². The highest BCUT2D eigenvalue weighted by Gasteiger charge is 2.14. The normalized spacial score (nSPS) is 10.7. The molecule has 0 aliphatic carbocycles. The molecule has 0 heterocycles. The average Bonchev–Trinajstić information content (AvgIpc) is 2.72. The van der Waals surface area contributed by atoms with Crippen molar-refractivity contribution in [2.24, 2.45) is 0 Å². The first-order valence-electron chi connectivity index (χ1n) is 9.36. The van der Waals surface area contributed by atoms with Gasteiger partial charge in [-0.05, 0) is 62.2 Å². The lowest BCUT2D eigenvalue weighted by atomic mass is 10.1.